The lowest BCUT2D eigenvalue weighted by atomic mass is 10.0. The van der Waals surface area contributed by atoms with Crippen LogP contribution in [0.1, 0.15) is 5.56 Å². The highest BCUT2D eigenvalue weighted by Crippen LogP contribution is 2.34. The average Bonchev–Trinajstić information content (AvgIpc) is 2.98. The van der Waals surface area contributed by atoms with Gasteiger partial charge in [-0.15, -0.1) is 0 Å². The number of fused-ring (bicyclic) bond motifs is 3. The van der Waals surface area contributed by atoms with Crippen LogP contribution in [0.4, 0.5) is 13.2 Å². The molecule has 0 radical (unpaired) electrons. The van der Waals surface area contributed by atoms with Crippen LogP contribution in [-0.2, 0) is 6.18 Å². The largest absolute Gasteiger partial charge is 0.418 e. The quantitative estimate of drug-likeness (QED) is 0.526. The number of nitrogens with one attached hydrogen (secondary N) is 1. The van der Waals surface area contributed by atoms with E-state index in [-0.39, 0.29) is 14.0 Å². The standard InChI is InChI=1S/C18H13F3N3P/c1-25-17-14(18(19,20)21)6-11(8-23-17)10-2-3-12-13-9-22-5-4-15(13)24-16(12)7-10/h2-9,24-25H,1H3. The van der Waals surface area contributed by atoms with Crippen LogP contribution in [0.2, 0.25) is 0 Å². The van der Waals surface area contributed by atoms with E-state index >= 15 is 0 Å². The Morgan fingerprint density at radius 3 is 2.56 bits per heavy atom. The molecule has 1 aromatic carbocycles. The van der Waals surface area contributed by atoms with Crippen LogP contribution in [-0.4, -0.2) is 21.6 Å². The third-order valence-corrected chi connectivity index (χ3v) is 5.04. The summed E-state index contributed by atoms with van der Waals surface area (Å²) in [5.74, 6) is 0. The highest BCUT2D eigenvalue weighted by atomic mass is 31.1. The second kappa shape index (κ2) is 5.81. The van der Waals surface area contributed by atoms with Crippen LogP contribution in [0.3, 0.4) is 0 Å². The number of aromatic amines is 1. The van der Waals surface area contributed by atoms with E-state index in [4.69, 9.17) is 0 Å². The minimum Gasteiger partial charge on any atom is -0.354 e. The van der Waals surface area contributed by atoms with E-state index in [1.807, 2.05) is 24.3 Å². The van der Waals surface area contributed by atoms with Crippen molar-refractivity contribution in [2.24, 2.45) is 0 Å². The van der Waals surface area contributed by atoms with Gasteiger partial charge in [-0.3, -0.25) is 9.97 Å². The summed E-state index contributed by atoms with van der Waals surface area (Å²) in [6, 6.07) is 8.61. The molecular weight excluding hydrogens is 346 g/mol. The van der Waals surface area contributed by atoms with Crippen LogP contribution in [0.25, 0.3) is 32.9 Å². The molecule has 7 heteroatoms. The third kappa shape index (κ3) is 2.76. The molecule has 0 fully saturated rings. The molecule has 0 saturated carbocycles. The Hall–Kier alpha value is -2.46. The summed E-state index contributed by atoms with van der Waals surface area (Å²) in [5, 5.41) is 1.98. The van der Waals surface area contributed by atoms with Crippen LogP contribution in [0.5, 0.6) is 0 Å². The smallest absolute Gasteiger partial charge is 0.354 e. The number of hydrogen-bond donors (Lipinski definition) is 1. The molecule has 1 atom stereocenters. The highest BCUT2D eigenvalue weighted by molar-refractivity contribution is 7.46. The number of aromatic nitrogens is 3. The first-order valence-corrected chi connectivity index (χ1v) is 9.08. The number of alkyl halides is 3. The molecular formula is C18H13F3N3P. The molecule has 0 bridgehead atoms. The Bertz CT molecular complexity index is 1090. The second-order valence-electron chi connectivity index (χ2n) is 5.67. The molecule has 3 heterocycles. The fourth-order valence-corrected chi connectivity index (χ4v) is 3.64. The van der Waals surface area contributed by atoms with Gasteiger partial charge in [-0.1, -0.05) is 20.7 Å². The van der Waals surface area contributed by atoms with Crippen molar-refractivity contribution in [2.45, 2.75) is 6.18 Å². The molecule has 0 saturated heterocycles. The first-order chi connectivity index (χ1) is 12.0. The van der Waals surface area contributed by atoms with Crippen molar-refractivity contribution in [3.63, 3.8) is 0 Å². The van der Waals surface area contributed by atoms with E-state index in [2.05, 4.69) is 15.0 Å². The van der Waals surface area contributed by atoms with Crippen molar-refractivity contribution in [2.75, 3.05) is 6.66 Å². The molecule has 1 N–H and O–H groups in total. The van der Waals surface area contributed by atoms with Gasteiger partial charge in [0, 0.05) is 46.0 Å². The molecule has 0 aliphatic heterocycles. The summed E-state index contributed by atoms with van der Waals surface area (Å²) < 4.78 is 39.8. The van der Waals surface area contributed by atoms with Crippen LogP contribution in [0.15, 0.2) is 48.9 Å². The number of hydrogen-bond acceptors (Lipinski definition) is 2. The van der Waals surface area contributed by atoms with Gasteiger partial charge in [-0.05, 0) is 30.4 Å². The molecule has 0 aliphatic carbocycles. The zero-order chi connectivity index (χ0) is 17.6. The lowest BCUT2D eigenvalue weighted by Crippen LogP contribution is -2.18. The maximum absolute atomic E-state index is 13.3. The molecule has 126 valence electrons. The molecule has 3 aromatic heterocycles. The monoisotopic (exact) mass is 359 g/mol. The summed E-state index contributed by atoms with van der Waals surface area (Å²) >= 11 is 0. The Morgan fingerprint density at radius 2 is 1.80 bits per heavy atom. The summed E-state index contributed by atoms with van der Waals surface area (Å²) in [7, 11) is -0.0101. The molecule has 0 amide bonds. The third-order valence-electron chi connectivity index (χ3n) is 4.16. The van der Waals surface area contributed by atoms with Gasteiger partial charge in [0.15, 0.2) is 0 Å². The summed E-state index contributed by atoms with van der Waals surface area (Å²) in [5.41, 5.74) is 2.37. The molecule has 4 aromatic rings. The van der Waals surface area contributed by atoms with Crippen LogP contribution >= 0.6 is 8.58 Å². The normalized spacial score (nSPS) is 12.6. The number of pyridine rings is 2. The lowest BCUT2D eigenvalue weighted by Gasteiger charge is -2.12. The van der Waals surface area contributed by atoms with Crippen LogP contribution < -0.4 is 5.44 Å². The van der Waals surface area contributed by atoms with Crippen molar-refractivity contribution in [3.8, 4) is 11.1 Å². The van der Waals surface area contributed by atoms with Gasteiger partial charge >= 0.3 is 6.18 Å². The first-order valence-electron chi connectivity index (χ1n) is 7.58. The van der Waals surface area contributed by atoms with Gasteiger partial charge in [-0.25, -0.2) is 0 Å². The molecule has 3 nitrogen and oxygen atoms in total. The van der Waals surface area contributed by atoms with Crippen LogP contribution in [0, 0.1) is 0 Å². The summed E-state index contributed by atoms with van der Waals surface area (Å²) in [6.07, 6.45) is 0.571. The van der Waals surface area contributed by atoms with Gasteiger partial charge < -0.3 is 4.98 Å². The lowest BCUT2D eigenvalue weighted by molar-refractivity contribution is -0.136. The van der Waals surface area contributed by atoms with Gasteiger partial charge in [-0.2, -0.15) is 13.2 Å². The number of H-pyrrole nitrogens is 1. The molecule has 25 heavy (non-hydrogen) atoms. The van der Waals surface area contributed by atoms with E-state index in [0.717, 1.165) is 21.8 Å². The maximum atomic E-state index is 13.3. The Balaban J connectivity index is 1.88. The Morgan fingerprint density at radius 1 is 0.960 bits per heavy atom. The van der Waals surface area contributed by atoms with Crippen molar-refractivity contribution < 1.29 is 13.2 Å². The molecule has 4 rings (SSSR count). The predicted octanol–water partition coefficient (Wildman–Crippen LogP) is 4.73. The number of rotatable bonds is 2. The summed E-state index contributed by atoms with van der Waals surface area (Å²) in [4.78, 5) is 11.4. The fourth-order valence-electron chi connectivity index (χ4n) is 2.96. The molecule has 0 aliphatic rings. The van der Waals surface area contributed by atoms with Gasteiger partial charge in [0.05, 0.1) is 11.0 Å². The van der Waals surface area contributed by atoms with Crippen molar-refractivity contribution in [3.05, 3.63) is 54.5 Å². The van der Waals surface area contributed by atoms with E-state index in [0.29, 0.717) is 11.1 Å². The van der Waals surface area contributed by atoms with E-state index < -0.39 is 11.7 Å². The second-order valence-corrected chi connectivity index (χ2v) is 6.65. The number of halogens is 3. The zero-order valence-corrected chi connectivity index (χ0v) is 14.1. The maximum Gasteiger partial charge on any atom is 0.418 e. The molecule has 1 unspecified atom stereocenters. The minimum absolute atomic E-state index is 0.0101. The average molecular weight is 359 g/mol. The van der Waals surface area contributed by atoms with E-state index in [9.17, 15) is 13.2 Å². The topological polar surface area (TPSA) is 41.6 Å². The number of nitrogens with zero attached hydrogens (tertiary/aromatic N) is 2. The van der Waals surface area contributed by atoms with E-state index in [1.165, 1.54) is 12.3 Å². The van der Waals surface area contributed by atoms with Crippen molar-refractivity contribution >= 4 is 35.8 Å². The van der Waals surface area contributed by atoms with Gasteiger partial charge in [0.1, 0.15) is 0 Å². The Kier molecular flexibility index (Phi) is 3.73. The predicted molar refractivity (Wildman–Crippen MR) is 95.7 cm³/mol. The molecule has 0 spiro atoms. The Labute approximate surface area is 143 Å². The highest BCUT2D eigenvalue weighted by Gasteiger charge is 2.34. The van der Waals surface area contributed by atoms with Crippen molar-refractivity contribution in [1.82, 2.24) is 15.0 Å². The first kappa shape index (κ1) is 16.0. The van der Waals surface area contributed by atoms with Gasteiger partial charge in [0.25, 0.3) is 0 Å². The number of benzene rings is 1. The minimum atomic E-state index is -4.40. The van der Waals surface area contributed by atoms with Gasteiger partial charge in [0.2, 0.25) is 0 Å². The summed E-state index contributed by atoms with van der Waals surface area (Å²) in [6.45, 7) is 1.70. The van der Waals surface area contributed by atoms with E-state index in [1.54, 1.807) is 19.1 Å². The van der Waals surface area contributed by atoms with Crippen molar-refractivity contribution in [1.29, 1.82) is 0 Å². The fraction of sp³-hybridized carbons (Fsp3) is 0.111. The SMILES string of the molecule is CPc1ncc(-c2ccc3c(c2)[nH]c2ccncc23)cc1C(F)(F)F. The zero-order valence-electron chi connectivity index (χ0n) is 13.1.